The van der Waals surface area contributed by atoms with E-state index in [4.69, 9.17) is 11.6 Å². The summed E-state index contributed by atoms with van der Waals surface area (Å²) < 4.78 is 29.5. The van der Waals surface area contributed by atoms with Gasteiger partial charge in [0.05, 0.1) is 0 Å². The summed E-state index contributed by atoms with van der Waals surface area (Å²) in [4.78, 5) is 17.0. The number of allylic oxidation sites excluding steroid dienone is 1. The van der Waals surface area contributed by atoms with Gasteiger partial charge in [-0.1, -0.05) is 47.5 Å². The Labute approximate surface area is 198 Å². The van der Waals surface area contributed by atoms with Gasteiger partial charge in [-0.05, 0) is 55.0 Å². The molecule has 3 aromatic carbocycles. The van der Waals surface area contributed by atoms with Crippen LogP contribution in [0, 0.1) is 18.6 Å². The van der Waals surface area contributed by atoms with E-state index < -0.39 is 23.6 Å². The summed E-state index contributed by atoms with van der Waals surface area (Å²) in [6.45, 7) is 1.99. The summed E-state index contributed by atoms with van der Waals surface area (Å²) in [5.74, 6) is -1.13. The highest BCUT2D eigenvalue weighted by molar-refractivity contribution is 6.31. The third-order valence-corrected chi connectivity index (χ3v) is 5.79. The van der Waals surface area contributed by atoms with E-state index in [1.54, 1.807) is 6.07 Å². The zero-order valence-corrected chi connectivity index (χ0v) is 18.6. The first-order chi connectivity index (χ1) is 16.4. The number of benzene rings is 3. The van der Waals surface area contributed by atoms with Crippen molar-refractivity contribution in [2.75, 3.05) is 10.6 Å². The van der Waals surface area contributed by atoms with Crippen molar-refractivity contribution >= 4 is 35.1 Å². The first-order valence-corrected chi connectivity index (χ1v) is 10.8. The number of rotatable bonds is 4. The molecule has 0 fully saturated rings. The van der Waals surface area contributed by atoms with Crippen molar-refractivity contribution in [1.29, 1.82) is 0 Å². The predicted molar refractivity (Wildman–Crippen MR) is 127 cm³/mol. The van der Waals surface area contributed by atoms with Gasteiger partial charge in [-0.25, -0.2) is 13.5 Å². The van der Waals surface area contributed by atoms with E-state index in [0.717, 1.165) is 11.1 Å². The quantitative estimate of drug-likeness (QED) is 0.388. The number of nitrogens with zero attached hydrogens (tertiary/aromatic N) is 3. The second kappa shape index (κ2) is 8.72. The van der Waals surface area contributed by atoms with Crippen molar-refractivity contribution in [2.24, 2.45) is 0 Å². The number of halogens is 3. The third-order valence-electron chi connectivity index (χ3n) is 5.46. The van der Waals surface area contributed by atoms with Gasteiger partial charge in [0.2, 0.25) is 5.95 Å². The molecule has 0 spiro atoms. The molecular formula is C25H18ClF2N5O. The van der Waals surface area contributed by atoms with Crippen LogP contribution in [-0.2, 0) is 0 Å². The summed E-state index contributed by atoms with van der Waals surface area (Å²) in [6.07, 6.45) is 1.81. The van der Waals surface area contributed by atoms with Crippen LogP contribution in [0.25, 0.3) is 5.70 Å². The molecule has 0 radical (unpaired) electrons. The van der Waals surface area contributed by atoms with Crippen LogP contribution < -0.4 is 10.6 Å². The van der Waals surface area contributed by atoms with Crippen LogP contribution >= 0.6 is 11.6 Å². The molecule has 0 saturated carbocycles. The van der Waals surface area contributed by atoms with E-state index in [9.17, 15) is 13.6 Å². The number of fused-ring (bicyclic) bond motifs is 1. The SMILES string of the molecule is Cc1ccc(C2=C[C@H](c3c(F)cccc3Cl)n3nc(NC(=O)c4ccc(F)cc4)nc3N2)cc1. The van der Waals surface area contributed by atoms with E-state index in [2.05, 4.69) is 20.7 Å². The van der Waals surface area contributed by atoms with Crippen LogP contribution in [0.2, 0.25) is 5.02 Å². The van der Waals surface area contributed by atoms with Crippen LogP contribution in [0.5, 0.6) is 0 Å². The average Bonchev–Trinajstić information content (AvgIpc) is 3.22. The minimum Gasteiger partial charge on any atom is -0.324 e. The normalized spacial score (nSPS) is 14.7. The first-order valence-electron chi connectivity index (χ1n) is 10.4. The van der Waals surface area contributed by atoms with E-state index in [0.29, 0.717) is 11.6 Å². The fraction of sp³-hybridized carbons (Fsp3) is 0.0800. The number of aryl methyl sites for hydroxylation is 1. The van der Waals surface area contributed by atoms with Crippen LogP contribution in [0.3, 0.4) is 0 Å². The van der Waals surface area contributed by atoms with Gasteiger partial charge in [-0.2, -0.15) is 4.98 Å². The molecule has 6 nitrogen and oxygen atoms in total. The lowest BCUT2D eigenvalue weighted by Gasteiger charge is -2.25. The molecule has 1 aromatic heterocycles. The van der Waals surface area contributed by atoms with Gasteiger partial charge >= 0.3 is 0 Å². The number of carbonyl (C=O) groups excluding carboxylic acids is 1. The topological polar surface area (TPSA) is 71.8 Å². The van der Waals surface area contributed by atoms with E-state index in [1.165, 1.54) is 41.1 Å². The predicted octanol–water partition coefficient (Wildman–Crippen LogP) is 5.83. The van der Waals surface area contributed by atoms with Crippen LogP contribution in [0.4, 0.5) is 20.7 Å². The Hall–Kier alpha value is -4.04. The van der Waals surface area contributed by atoms with E-state index in [-0.39, 0.29) is 22.1 Å². The number of hydrogen-bond donors (Lipinski definition) is 2. The molecule has 1 aliphatic heterocycles. The van der Waals surface area contributed by atoms with Crippen molar-refractivity contribution in [2.45, 2.75) is 13.0 Å². The number of amides is 1. The lowest BCUT2D eigenvalue weighted by atomic mass is 10.0. The highest BCUT2D eigenvalue weighted by Crippen LogP contribution is 2.37. The molecule has 34 heavy (non-hydrogen) atoms. The third kappa shape index (κ3) is 4.15. The molecule has 9 heteroatoms. The highest BCUT2D eigenvalue weighted by atomic mass is 35.5. The summed E-state index contributed by atoms with van der Waals surface area (Å²) in [6, 6.07) is 16.7. The maximum Gasteiger partial charge on any atom is 0.258 e. The van der Waals surface area contributed by atoms with Gasteiger partial charge in [-0.3, -0.25) is 10.1 Å². The van der Waals surface area contributed by atoms with Gasteiger partial charge < -0.3 is 5.32 Å². The minimum atomic E-state index is -0.717. The number of hydrogen-bond acceptors (Lipinski definition) is 4. The second-order valence-corrected chi connectivity index (χ2v) is 8.22. The monoisotopic (exact) mass is 477 g/mol. The molecule has 1 amide bonds. The molecule has 170 valence electrons. The summed E-state index contributed by atoms with van der Waals surface area (Å²) in [5, 5.41) is 10.4. The van der Waals surface area contributed by atoms with Crippen LogP contribution in [0.15, 0.2) is 72.8 Å². The molecule has 0 aliphatic carbocycles. The Morgan fingerprint density at radius 2 is 1.79 bits per heavy atom. The molecule has 4 aromatic rings. The Kier molecular flexibility index (Phi) is 5.59. The fourth-order valence-corrected chi connectivity index (χ4v) is 4.00. The lowest BCUT2D eigenvalue weighted by Crippen LogP contribution is -2.21. The molecule has 0 unspecified atom stereocenters. The van der Waals surface area contributed by atoms with Gasteiger partial charge in [0.25, 0.3) is 11.9 Å². The largest absolute Gasteiger partial charge is 0.324 e. The van der Waals surface area contributed by atoms with Crippen LogP contribution in [-0.4, -0.2) is 20.7 Å². The summed E-state index contributed by atoms with van der Waals surface area (Å²) >= 11 is 6.38. The molecule has 2 N–H and O–H groups in total. The Morgan fingerprint density at radius 1 is 1.06 bits per heavy atom. The second-order valence-electron chi connectivity index (χ2n) is 7.82. The van der Waals surface area contributed by atoms with Gasteiger partial charge in [0.1, 0.15) is 17.7 Å². The van der Waals surface area contributed by atoms with Crippen molar-refractivity contribution in [3.63, 3.8) is 0 Å². The van der Waals surface area contributed by atoms with Gasteiger partial charge in [-0.15, -0.1) is 5.10 Å². The van der Waals surface area contributed by atoms with Crippen LogP contribution in [0.1, 0.15) is 33.1 Å². The molecule has 1 atom stereocenters. The van der Waals surface area contributed by atoms with Crippen molar-refractivity contribution < 1.29 is 13.6 Å². The molecule has 2 heterocycles. The van der Waals surface area contributed by atoms with Gasteiger partial charge in [0.15, 0.2) is 0 Å². The summed E-state index contributed by atoms with van der Waals surface area (Å²) in [5.41, 5.74) is 3.14. The standard InChI is InChI=1S/C25H18ClF2N5O/c1-14-5-7-15(8-6-14)20-13-21(22-18(26)3-2-4-19(22)28)33-25(29-20)31-24(32-33)30-23(34)16-9-11-17(27)12-10-16/h2-13,21H,1H3,(H2,29,30,31,32,34)/t21-/m1/s1. The fourth-order valence-electron chi connectivity index (χ4n) is 3.72. The van der Waals surface area contributed by atoms with E-state index in [1.807, 2.05) is 37.3 Å². The number of carbonyl (C=O) groups is 1. The zero-order valence-electron chi connectivity index (χ0n) is 17.9. The average molecular weight is 478 g/mol. The number of aromatic nitrogens is 3. The van der Waals surface area contributed by atoms with E-state index >= 15 is 0 Å². The number of anilines is 2. The zero-order chi connectivity index (χ0) is 23.8. The number of nitrogens with one attached hydrogen (secondary N) is 2. The van der Waals surface area contributed by atoms with Gasteiger partial charge in [0, 0.05) is 21.8 Å². The molecule has 0 saturated heterocycles. The molecule has 1 aliphatic rings. The van der Waals surface area contributed by atoms with Crippen molar-refractivity contribution in [3.8, 4) is 0 Å². The molecule has 0 bridgehead atoms. The smallest absolute Gasteiger partial charge is 0.258 e. The lowest BCUT2D eigenvalue weighted by molar-refractivity contribution is 0.102. The summed E-state index contributed by atoms with van der Waals surface area (Å²) in [7, 11) is 0. The van der Waals surface area contributed by atoms with Crippen molar-refractivity contribution in [1.82, 2.24) is 14.8 Å². The van der Waals surface area contributed by atoms with Crippen molar-refractivity contribution in [3.05, 3.63) is 112 Å². The Balaban J connectivity index is 1.55. The molecular weight excluding hydrogens is 460 g/mol. The minimum absolute atomic E-state index is 0.00726. The maximum atomic E-state index is 14.9. The Bertz CT molecular complexity index is 1390. The maximum absolute atomic E-state index is 14.9. The molecule has 5 rings (SSSR count). The Morgan fingerprint density at radius 3 is 2.50 bits per heavy atom. The highest BCUT2D eigenvalue weighted by Gasteiger charge is 2.29. The first kappa shape index (κ1) is 21.8.